The molecule has 5 nitrogen and oxygen atoms in total. The molecule has 23 heavy (non-hydrogen) atoms. The molecule has 0 bridgehead atoms. The zero-order valence-corrected chi connectivity index (χ0v) is 13.4. The molecule has 10 heteroatoms. The summed E-state index contributed by atoms with van der Waals surface area (Å²) in [5.41, 5.74) is 3.83. The van der Waals surface area contributed by atoms with Crippen molar-refractivity contribution in [1.29, 1.82) is 0 Å². The van der Waals surface area contributed by atoms with E-state index in [0.717, 1.165) is 16.4 Å². The van der Waals surface area contributed by atoms with Crippen LogP contribution in [-0.4, -0.2) is 31.2 Å². The Labute approximate surface area is 136 Å². The van der Waals surface area contributed by atoms with Crippen LogP contribution in [0.1, 0.15) is 24.8 Å². The zero-order chi connectivity index (χ0) is 17.4. The minimum Gasteiger partial charge on any atom is -0.368 e. The van der Waals surface area contributed by atoms with Gasteiger partial charge in [0.05, 0.1) is 10.5 Å². The number of carbonyl (C=O) groups excluding carboxylic acids is 1. The Morgan fingerprint density at radius 1 is 1.30 bits per heavy atom. The third-order valence-corrected chi connectivity index (χ3v) is 5.82. The van der Waals surface area contributed by atoms with E-state index in [9.17, 15) is 26.4 Å². The van der Waals surface area contributed by atoms with E-state index in [-0.39, 0.29) is 18.0 Å². The molecule has 2 N–H and O–H groups in total. The van der Waals surface area contributed by atoms with Crippen LogP contribution in [0.25, 0.3) is 0 Å². The molecular weight excluding hydrogens is 357 g/mol. The second-order valence-electron chi connectivity index (χ2n) is 5.17. The van der Waals surface area contributed by atoms with Crippen molar-refractivity contribution in [1.82, 2.24) is 4.31 Å². The fourth-order valence-corrected chi connectivity index (χ4v) is 4.58. The zero-order valence-electron chi connectivity index (χ0n) is 11.8. The van der Waals surface area contributed by atoms with Gasteiger partial charge in [-0.25, -0.2) is 8.42 Å². The van der Waals surface area contributed by atoms with Gasteiger partial charge in [0.1, 0.15) is 6.04 Å². The number of amides is 1. The summed E-state index contributed by atoms with van der Waals surface area (Å²) in [5.74, 6) is -0.879. The number of alkyl halides is 3. The number of nitrogens with zero attached hydrogens (tertiary/aromatic N) is 1. The Balaban J connectivity index is 2.57. The van der Waals surface area contributed by atoms with Gasteiger partial charge in [0.15, 0.2) is 0 Å². The molecule has 1 atom stereocenters. The average molecular weight is 371 g/mol. The molecule has 1 aliphatic heterocycles. The van der Waals surface area contributed by atoms with Gasteiger partial charge < -0.3 is 5.73 Å². The normalized spacial score (nSPS) is 20.4. The molecule has 0 aliphatic carbocycles. The molecule has 1 aromatic rings. The van der Waals surface area contributed by atoms with E-state index in [0.29, 0.717) is 18.9 Å². The summed E-state index contributed by atoms with van der Waals surface area (Å²) < 4.78 is 65.5. The van der Waals surface area contributed by atoms with Crippen LogP contribution in [0.2, 0.25) is 5.02 Å². The maximum absolute atomic E-state index is 13.1. The van der Waals surface area contributed by atoms with E-state index < -0.39 is 38.6 Å². The van der Waals surface area contributed by atoms with Gasteiger partial charge in [-0.05, 0) is 31.0 Å². The van der Waals surface area contributed by atoms with Crippen molar-refractivity contribution in [2.24, 2.45) is 5.73 Å². The van der Waals surface area contributed by atoms with Crippen molar-refractivity contribution in [3.8, 4) is 0 Å². The van der Waals surface area contributed by atoms with Gasteiger partial charge in [-0.1, -0.05) is 18.0 Å². The number of hydrogen-bond acceptors (Lipinski definition) is 3. The van der Waals surface area contributed by atoms with Crippen molar-refractivity contribution in [3.63, 3.8) is 0 Å². The largest absolute Gasteiger partial charge is 0.417 e. The molecule has 0 aromatic heterocycles. The van der Waals surface area contributed by atoms with Gasteiger partial charge in [-0.2, -0.15) is 17.5 Å². The molecule has 1 heterocycles. The highest BCUT2D eigenvalue weighted by molar-refractivity contribution is 7.89. The van der Waals surface area contributed by atoms with Crippen LogP contribution in [0.4, 0.5) is 13.2 Å². The summed E-state index contributed by atoms with van der Waals surface area (Å²) in [7, 11) is -4.53. The van der Waals surface area contributed by atoms with Crippen molar-refractivity contribution in [3.05, 3.63) is 28.8 Å². The third-order valence-electron chi connectivity index (χ3n) is 3.62. The first kappa shape index (κ1) is 18.0. The topological polar surface area (TPSA) is 80.5 Å². The first-order chi connectivity index (χ1) is 10.5. The smallest absolute Gasteiger partial charge is 0.368 e. The maximum atomic E-state index is 13.1. The van der Waals surface area contributed by atoms with Crippen LogP contribution in [0, 0.1) is 0 Å². The number of halogens is 4. The number of carbonyl (C=O) groups is 1. The second kappa shape index (κ2) is 6.29. The third kappa shape index (κ3) is 3.61. The van der Waals surface area contributed by atoms with Crippen LogP contribution in [-0.2, 0) is 21.0 Å². The van der Waals surface area contributed by atoms with E-state index in [1.165, 1.54) is 0 Å². The van der Waals surface area contributed by atoms with E-state index in [1.807, 2.05) is 0 Å². The molecule has 2 rings (SSSR count). The lowest BCUT2D eigenvalue weighted by Gasteiger charge is -2.33. The fourth-order valence-electron chi connectivity index (χ4n) is 2.55. The summed E-state index contributed by atoms with van der Waals surface area (Å²) in [5, 5.41) is -0.235. The molecule has 1 aromatic carbocycles. The standard InChI is InChI=1S/C13H14ClF3N2O3S/c14-8-4-5-11(9(7-8)13(15,16)17)23(21,22)19-6-2-1-3-10(19)12(18)20/h4-5,7,10H,1-3,6H2,(H2,18,20)/t10-/m0/s1. The Kier molecular flexibility index (Phi) is 4.93. The molecular formula is C13H14ClF3N2O3S. The molecule has 1 aliphatic rings. The Morgan fingerprint density at radius 3 is 2.52 bits per heavy atom. The van der Waals surface area contributed by atoms with E-state index in [4.69, 9.17) is 17.3 Å². The number of nitrogens with two attached hydrogens (primary N) is 1. The van der Waals surface area contributed by atoms with E-state index in [1.54, 1.807) is 0 Å². The Bertz CT molecular complexity index is 722. The molecule has 128 valence electrons. The first-order valence-electron chi connectivity index (χ1n) is 6.73. The van der Waals surface area contributed by atoms with E-state index in [2.05, 4.69) is 0 Å². The van der Waals surface area contributed by atoms with Crippen LogP contribution < -0.4 is 5.73 Å². The highest BCUT2D eigenvalue weighted by Gasteiger charge is 2.42. The fraction of sp³-hybridized carbons (Fsp3) is 0.462. The van der Waals surface area contributed by atoms with Crippen LogP contribution >= 0.6 is 11.6 Å². The lowest BCUT2D eigenvalue weighted by molar-refractivity contribution is -0.139. The van der Waals surface area contributed by atoms with Gasteiger partial charge in [0.2, 0.25) is 15.9 Å². The van der Waals surface area contributed by atoms with Gasteiger partial charge in [0.25, 0.3) is 0 Å². The van der Waals surface area contributed by atoms with Gasteiger partial charge >= 0.3 is 6.18 Å². The number of benzene rings is 1. The van der Waals surface area contributed by atoms with Crippen LogP contribution in [0.3, 0.4) is 0 Å². The van der Waals surface area contributed by atoms with Crippen LogP contribution in [0.15, 0.2) is 23.1 Å². The Morgan fingerprint density at radius 2 is 1.96 bits per heavy atom. The summed E-state index contributed by atoms with van der Waals surface area (Å²) in [6, 6.07) is 1.27. The predicted octanol–water partition coefficient (Wildman–Crippen LogP) is 2.39. The number of rotatable bonds is 3. The molecule has 0 unspecified atom stereocenters. The van der Waals surface area contributed by atoms with Crippen molar-refractivity contribution in [2.75, 3.05) is 6.54 Å². The average Bonchev–Trinajstić information content (AvgIpc) is 2.46. The summed E-state index contributed by atoms with van der Waals surface area (Å²) >= 11 is 5.56. The number of primary amides is 1. The van der Waals surface area contributed by atoms with Gasteiger partial charge in [-0.3, -0.25) is 4.79 Å². The van der Waals surface area contributed by atoms with Crippen LogP contribution in [0.5, 0.6) is 0 Å². The van der Waals surface area contributed by atoms with Crippen molar-refractivity contribution >= 4 is 27.5 Å². The molecule has 0 saturated carbocycles. The van der Waals surface area contributed by atoms with Gasteiger partial charge in [-0.15, -0.1) is 0 Å². The minimum atomic E-state index is -4.90. The molecule has 1 fully saturated rings. The monoisotopic (exact) mass is 370 g/mol. The number of piperidine rings is 1. The minimum absolute atomic E-state index is 0.0597. The first-order valence-corrected chi connectivity index (χ1v) is 8.55. The lowest BCUT2D eigenvalue weighted by atomic mass is 10.0. The Hall–Kier alpha value is -1.32. The number of sulfonamides is 1. The summed E-state index contributed by atoms with van der Waals surface area (Å²) in [4.78, 5) is 10.5. The SMILES string of the molecule is NC(=O)[C@@H]1CCCCN1S(=O)(=O)c1ccc(Cl)cc1C(F)(F)F. The number of hydrogen-bond donors (Lipinski definition) is 1. The molecule has 1 saturated heterocycles. The lowest BCUT2D eigenvalue weighted by Crippen LogP contribution is -2.50. The van der Waals surface area contributed by atoms with Crippen molar-refractivity contribution in [2.45, 2.75) is 36.4 Å². The van der Waals surface area contributed by atoms with E-state index >= 15 is 0 Å². The summed E-state index contributed by atoms with van der Waals surface area (Å²) in [6.45, 7) is -0.0597. The van der Waals surface area contributed by atoms with Crippen molar-refractivity contribution < 1.29 is 26.4 Å². The molecule has 1 amide bonds. The molecule has 0 spiro atoms. The molecule has 0 radical (unpaired) electrons. The maximum Gasteiger partial charge on any atom is 0.417 e. The highest BCUT2D eigenvalue weighted by atomic mass is 35.5. The highest BCUT2D eigenvalue weighted by Crippen LogP contribution is 2.38. The summed E-state index contributed by atoms with van der Waals surface area (Å²) in [6.07, 6.45) is -3.70. The predicted molar refractivity (Wildman–Crippen MR) is 77.2 cm³/mol. The van der Waals surface area contributed by atoms with Gasteiger partial charge in [0, 0.05) is 11.6 Å². The quantitative estimate of drug-likeness (QED) is 0.887. The second-order valence-corrected chi connectivity index (χ2v) is 7.46.